The van der Waals surface area contributed by atoms with Crippen molar-refractivity contribution in [2.45, 2.75) is 24.3 Å². The number of sulfonamides is 1. The van der Waals surface area contributed by atoms with Gasteiger partial charge in [-0.15, -0.1) is 0 Å². The van der Waals surface area contributed by atoms with Crippen LogP contribution in [0.4, 0.5) is 0 Å². The highest BCUT2D eigenvalue weighted by molar-refractivity contribution is 7.89. The topological polar surface area (TPSA) is 123 Å². The average Bonchev–Trinajstić information content (AvgIpc) is 3.03. The third-order valence-corrected chi connectivity index (χ3v) is 3.98. The van der Waals surface area contributed by atoms with Gasteiger partial charge in [-0.2, -0.15) is 0 Å². The van der Waals surface area contributed by atoms with Gasteiger partial charge < -0.3 is 14.9 Å². The zero-order chi connectivity index (χ0) is 15.6. The smallest absolute Gasteiger partial charge is 0.268 e. The molecule has 0 aliphatic carbocycles. The van der Waals surface area contributed by atoms with E-state index in [4.69, 9.17) is 5.14 Å². The van der Waals surface area contributed by atoms with Crippen LogP contribution in [0.15, 0.2) is 29.6 Å². The van der Waals surface area contributed by atoms with Crippen molar-refractivity contribution in [1.82, 2.24) is 19.9 Å². The maximum absolute atomic E-state index is 12.3. The van der Waals surface area contributed by atoms with Gasteiger partial charge in [0.1, 0.15) is 16.4 Å². The Bertz CT molecular complexity index is 733. The zero-order valence-electron chi connectivity index (χ0n) is 11.7. The Kier molecular flexibility index (Phi) is 4.14. The number of primary sulfonamides is 1. The van der Waals surface area contributed by atoms with Crippen LogP contribution in [0.5, 0.6) is 0 Å². The maximum atomic E-state index is 12.3. The first kappa shape index (κ1) is 15.3. The molecule has 2 rings (SSSR count). The van der Waals surface area contributed by atoms with E-state index in [9.17, 15) is 13.2 Å². The second kappa shape index (κ2) is 5.70. The molecule has 4 N–H and O–H groups in total. The van der Waals surface area contributed by atoms with E-state index in [1.165, 1.54) is 16.8 Å². The molecule has 0 radical (unpaired) electrons. The molecule has 0 aromatic carbocycles. The molecular formula is C12H17N5O3S. The lowest BCUT2D eigenvalue weighted by molar-refractivity contribution is 0.0925. The van der Waals surface area contributed by atoms with Gasteiger partial charge in [-0.05, 0) is 12.5 Å². The van der Waals surface area contributed by atoms with Crippen molar-refractivity contribution in [3.63, 3.8) is 0 Å². The number of imidazole rings is 1. The van der Waals surface area contributed by atoms with Gasteiger partial charge in [-0.1, -0.05) is 6.92 Å². The van der Waals surface area contributed by atoms with E-state index in [-0.39, 0.29) is 16.6 Å². The molecule has 21 heavy (non-hydrogen) atoms. The standard InChI is InChI=1S/C12H17N5O3S/c1-3-9(11-14-4-5-15-11)16-12(18)10-6-8(7-17(10)2)21(13,19)20/h4-7,9H,3H2,1-2H3,(H,14,15)(H,16,18)(H2,13,19,20). The van der Waals surface area contributed by atoms with Crippen LogP contribution in [-0.2, 0) is 17.1 Å². The quantitative estimate of drug-likeness (QED) is 0.733. The van der Waals surface area contributed by atoms with Crippen LogP contribution in [0.25, 0.3) is 0 Å². The Balaban J connectivity index is 2.23. The summed E-state index contributed by atoms with van der Waals surface area (Å²) in [7, 11) is -2.25. The summed E-state index contributed by atoms with van der Waals surface area (Å²) in [6, 6.07) is 0.972. The number of aromatic amines is 1. The summed E-state index contributed by atoms with van der Waals surface area (Å²) in [6.45, 7) is 1.91. The SMILES string of the molecule is CCC(NC(=O)c1cc(S(N)(=O)=O)cn1C)c1ncc[nH]1. The molecule has 114 valence electrons. The van der Waals surface area contributed by atoms with E-state index >= 15 is 0 Å². The van der Waals surface area contributed by atoms with Gasteiger partial charge in [0, 0.05) is 25.6 Å². The van der Waals surface area contributed by atoms with Crippen LogP contribution in [0.3, 0.4) is 0 Å². The highest BCUT2D eigenvalue weighted by Gasteiger charge is 2.20. The molecule has 0 bridgehead atoms. The van der Waals surface area contributed by atoms with Crippen LogP contribution in [0.2, 0.25) is 0 Å². The molecule has 1 unspecified atom stereocenters. The third-order valence-electron chi connectivity index (χ3n) is 3.10. The Morgan fingerprint density at radius 3 is 2.76 bits per heavy atom. The molecular weight excluding hydrogens is 294 g/mol. The number of nitrogens with one attached hydrogen (secondary N) is 2. The van der Waals surface area contributed by atoms with Crippen molar-refractivity contribution < 1.29 is 13.2 Å². The van der Waals surface area contributed by atoms with Gasteiger partial charge in [0.25, 0.3) is 5.91 Å². The summed E-state index contributed by atoms with van der Waals surface area (Å²) in [5.41, 5.74) is 0.212. The van der Waals surface area contributed by atoms with E-state index in [0.717, 1.165) is 0 Å². The highest BCUT2D eigenvalue weighted by atomic mass is 32.2. The van der Waals surface area contributed by atoms with Gasteiger partial charge in [0.15, 0.2) is 0 Å². The molecule has 1 amide bonds. The first-order valence-electron chi connectivity index (χ1n) is 6.32. The highest BCUT2D eigenvalue weighted by Crippen LogP contribution is 2.15. The summed E-state index contributed by atoms with van der Waals surface area (Å²) in [5, 5.41) is 7.86. The number of hydrogen-bond donors (Lipinski definition) is 3. The van der Waals surface area contributed by atoms with Crippen LogP contribution < -0.4 is 10.5 Å². The third kappa shape index (κ3) is 3.31. The van der Waals surface area contributed by atoms with Crippen molar-refractivity contribution in [3.05, 3.63) is 36.2 Å². The largest absolute Gasteiger partial charge is 0.347 e. The number of aromatic nitrogens is 3. The molecule has 0 aliphatic heterocycles. The minimum Gasteiger partial charge on any atom is -0.347 e. The molecule has 9 heteroatoms. The number of nitrogens with zero attached hydrogens (tertiary/aromatic N) is 2. The number of nitrogens with two attached hydrogens (primary N) is 1. The van der Waals surface area contributed by atoms with E-state index in [1.54, 1.807) is 19.4 Å². The second-order valence-corrected chi connectivity index (χ2v) is 6.19. The van der Waals surface area contributed by atoms with Gasteiger partial charge in [0.05, 0.1) is 6.04 Å². The van der Waals surface area contributed by atoms with Gasteiger partial charge in [0.2, 0.25) is 10.0 Å². The van der Waals surface area contributed by atoms with Crippen molar-refractivity contribution >= 4 is 15.9 Å². The lowest BCUT2D eigenvalue weighted by atomic mass is 10.2. The summed E-state index contributed by atoms with van der Waals surface area (Å²) < 4.78 is 24.0. The van der Waals surface area contributed by atoms with E-state index in [1.807, 2.05) is 6.92 Å². The molecule has 0 spiro atoms. The lowest BCUT2D eigenvalue weighted by Gasteiger charge is -2.14. The fourth-order valence-electron chi connectivity index (χ4n) is 1.98. The van der Waals surface area contributed by atoms with E-state index in [0.29, 0.717) is 12.2 Å². The summed E-state index contributed by atoms with van der Waals surface area (Å²) in [6.07, 6.45) is 5.22. The minimum atomic E-state index is -3.83. The first-order valence-corrected chi connectivity index (χ1v) is 7.87. The number of H-pyrrole nitrogens is 1. The Labute approximate surface area is 122 Å². The molecule has 0 aliphatic rings. The summed E-state index contributed by atoms with van der Waals surface area (Å²) in [5.74, 6) is 0.252. The molecule has 2 aromatic heterocycles. The number of carbonyl (C=O) groups excluding carboxylic acids is 1. The number of amides is 1. The zero-order valence-corrected chi connectivity index (χ0v) is 12.5. The monoisotopic (exact) mass is 311 g/mol. The fourth-order valence-corrected chi connectivity index (χ4v) is 2.56. The first-order chi connectivity index (χ1) is 9.82. The molecule has 2 heterocycles. The molecule has 0 saturated carbocycles. The van der Waals surface area contributed by atoms with E-state index in [2.05, 4.69) is 15.3 Å². The number of rotatable bonds is 5. The average molecular weight is 311 g/mol. The second-order valence-electron chi connectivity index (χ2n) is 4.63. The Morgan fingerprint density at radius 1 is 1.57 bits per heavy atom. The maximum Gasteiger partial charge on any atom is 0.268 e. The van der Waals surface area contributed by atoms with Crippen molar-refractivity contribution in [2.75, 3.05) is 0 Å². The lowest BCUT2D eigenvalue weighted by Crippen LogP contribution is -2.30. The van der Waals surface area contributed by atoms with E-state index < -0.39 is 15.9 Å². The van der Waals surface area contributed by atoms with Crippen LogP contribution in [0, 0.1) is 0 Å². The van der Waals surface area contributed by atoms with Crippen LogP contribution in [-0.4, -0.2) is 28.9 Å². The van der Waals surface area contributed by atoms with Crippen molar-refractivity contribution in [2.24, 2.45) is 12.2 Å². The molecule has 8 nitrogen and oxygen atoms in total. The van der Waals surface area contributed by atoms with Gasteiger partial charge in [-0.3, -0.25) is 4.79 Å². The fraction of sp³-hybridized carbons (Fsp3) is 0.333. The van der Waals surface area contributed by atoms with Gasteiger partial charge >= 0.3 is 0 Å². The number of aryl methyl sites for hydroxylation is 1. The Hall–Kier alpha value is -2.13. The summed E-state index contributed by atoms with van der Waals surface area (Å²) in [4.78, 5) is 19.2. The van der Waals surface area contributed by atoms with Crippen LogP contribution >= 0.6 is 0 Å². The predicted molar refractivity (Wildman–Crippen MR) is 75.9 cm³/mol. The number of hydrogen-bond acceptors (Lipinski definition) is 4. The van der Waals surface area contributed by atoms with Crippen molar-refractivity contribution in [1.29, 1.82) is 0 Å². The van der Waals surface area contributed by atoms with Crippen LogP contribution in [0.1, 0.15) is 35.7 Å². The van der Waals surface area contributed by atoms with Gasteiger partial charge in [-0.25, -0.2) is 18.5 Å². The molecule has 0 saturated heterocycles. The number of carbonyl (C=O) groups is 1. The minimum absolute atomic E-state index is 0.0961. The molecule has 0 fully saturated rings. The van der Waals surface area contributed by atoms with Crippen molar-refractivity contribution in [3.8, 4) is 0 Å². The normalized spacial score (nSPS) is 13.1. The summed E-state index contributed by atoms with van der Waals surface area (Å²) >= 11 is 0. The molecule has 2 aromatic rings. The predicted octanol–water partition coefficient (Wildman–Crippen LogP) is 0.277. The molecule has 1 atom stereocenters. The Morgan fingerprint density at radius 2 is 2.29 bits per heavy atom.